The zero-order valence-corrected chi connectivity index (χ0v) is 11.0. The molecule has 5 heteroatoms. The van der Waals surface area contributed by atoms with Gasteiger partial charge in [-0.05, 0) is 19.3 Å². The van der Waals surface area contributed by atoms with Gasteiger partial charge in [0.15, 0.2) is 0 Å². The molecule has 0 aliphatic rings. The van der Waals surface area contributed by atoms with Crippen molar-refractivity contribution in [2.75, 3.05) is 27.8 Å². The third-order valence-electron chi connectivity index (χ3n) is 2.43. The van der Waals surface area contributed by atoms with Crippen LogP contribution in [-0.2, 0) is 23.7 Å². The number of ether oxygens (including phenoxy) is 4. The van der Waals surface area contributed by atoms with E-state index >= 15 is 0 Å². The molecule has 0 bridgehead atoms. The Bertz CT molecular complexity index is 174. The van der Waals surface area contributed by atoms with Gasteiger partial charge in [-0.1, -0.05) is 6.92 Å². The number of aldehydes is 1. The highest BCUT2D eigenvalue weighted by Gasteiger charge is 2.21. The van der Waals surface area contributed by atoms with Crippen LogP contribution in [0.15, 0.2) is 0 Å². The Balaban J connectivity index is 4.12. The third-order valence-corrected chi connectivity index (χ3v) is 2.43. The maximum atomic E-state index is 10.3. The minimum Gasteiger partial charge on any atom is -0.359 e. The molecule has 0 amide bonds. The second kappa shape index (κ2) is 12.0. The van der Waals surface area contributed by atoms with Gasteiger partial charge in [-0.3, -0.25) is 0 Å². The van der Waals surface area contributed by atoms with Gasteiger partial charge in [0.1, 0.15) is 19.9 Å². The molecule has 0 aliphatic carbocycles. The van der Waals surface area contributed by atoms with E-state index in [1.807, 2.05) is 6.92 Å². The van der Waals surface area contributed by atoms with Gasteiger partial charge >= 0.3 is 0 Å². The molecule has 2 atom stereocenters. The van der Waals surface area contributed by atoms with Crippen molar-refractivity contribution < 1.29 is 23.7 Å². The fourth-order valence-corrected chi connectivity index (χ4v) is 1.58. The Labute approximate surface area is 103 Å². The molecule has 102 valence electrons. The summed E-state index contributed by atoms with van der Waals surface area (Å²) in [5.41, 5.74) is 0. The van der Waals surface area contributed by atoms with Crippen molar-refractivity contribution in [3.8, 4) is 0 Å². The topological polar surface area (TPSA) is 54.0 Å². The quantitative estimate of drug-likeness (QED) is 0.299. The number of rotatable bonds is 12. The smallest absolute Gasteiger partial charge is 0.146 e. The molecular weight excluding hydrogens is 224 g/mol. The highest BCUT2D eigenvalue weighted by atomic mass is 16.7. The lowest BCUT2D eigenvalue weighted by Gasteiger charge is -2.26. The molecule has 17 heavy (non-hydrogen) atoms. The molecule has 0 saturated heterocycles. The van der Waals surface area contributed by atoms with Gasteiger partial charge in [0.2, 0.25) is 0 Å². The van der Waals surface area contributed by atoms with Crippen LogP contribution in [0.4, 0.5) is 0 Å². The third kappa shape index (κ3) is 8.26. The lowest BCUT2D eigenvalue weighted by Crippen LogP contribution is -2.32. The Hall–Kier alpha value is -0.490. The standard InChI is InChI=1S/C12H24O5/c1-4-11(16-9-14-2)12(17-10-15-3)7-5-6-8-13/h8,11-12H,4-7,9-10H2,1-3H3/t11-,12-/m1/s1. The van der Waals surface area contributed by atoms with E-state index in [1.165, 1.54) is 0 Å². The SMILES string of the molecule is CC[C@@H](OCOC)[C@@H](CCCC=O)OCOC. The van der Waals surface area contributed by atoms with E-state index < -0.39 is 0 Å². The van der Waals surface area contributed by atoms with E-state index in [2.05, 4.69) is 0 Å². The van der Waals surface area contributed by atoms with Crippen molar-refractivity contribution in [1.29, 1.82) is 0 Å². The average molecular weight is 248 g/mol. The maximum absolute atomic E-state index is 10.3. The summed E-state index contributed by atoms with van der Waals surface area (Å²) in [7, 11) is 3.17. The van der Waals surface area contributed by atoms with Gasteiger partial charge in [0, 0.05) is 20.6 Å². The summed E-state index contributed by atoms with van der Waals surface area (Å²) < 4.78 is 20.9. The van der Waals surface area contributed by atoms with E-state index in [4.69, 9.17) is 18.9 Å². The number of carbonyl (C=O) groups is 1. The zero-order valence-electron chi connectivity index (χ0n) is 11.0. The Morgan fingerprint density at radius 3 is 2.12 bits per heavy atom. The van der Waals surface area contributed by atoms with E-state index in [-0.39, 0.29) is 25.8 Å². The molecule has 0 aromatic rings. The molecule has 0 N–H and O–H groups in total. The maximum Gasteiger partial charge on any atom is 0.146 e. The van der Waals surface area contributed by atoms with Gasteiger partial charge in [-0.2, -0.15) is 0 Å². The van der Waals surface area contributed by atoms with Crippen molar-refractivity contribution in [3.05, 3.63) is 0 Å². The van der Waals surface area contributed by atoms with Crippen LogP contribution in [-0.4, -0.2) is 46.3 Å². The molecule has 0 rings (SSSR count). The monoisotopic (exact) mass is 248 g/mol. The van der Waals surface area contributed by atoms with Gasteiger partial charge in [0.25, 0.3) is 0 Å². The van der Waals surface area contributed by atoms with Crippen LogP contribution >= 0.6 is 0 Å². The van der Waals surface area contributed by atoms with E-state index in [1.54, 1.807) is 14.2 Å². The van der Waals surface area contributed by atoms with Crippen molar-refractivity contribution >= 4 is 6.29 Å². The second-order valence-corrected chi connectivity index (χ2v) is 3.73. The fraction of sp³-hybridized carbons (Fsp3) is 0.917. The van der Waals surface area contributed by atoms with Crippen LogP contribution in [0.3, 0.4) is 0 Å². The van der Waals surface area contributed by atoms with E-state index in [9.17, 15) is 4.79 Å². The highest BCUT2D eigenvalue weighted by molar-refractivity contribution is 5.48. The highest BCUT2D eigenvalue weighted by Crippen LogP contribution is 2.15. The number of carbonyl (C=O) groups excluding carboxylic acids is 1. The first kappa shape index (κ1) is 16.5. The normalized spacial score (nSPS) is 14.5. The molecule has 0 unspecified atom stereocenters. The number of unbranched alkanes of at least 4 members (excludes halogenated alkanes) is 1. The summed E-state index contributed by atoms with van der Waals surface area (Å²) in [4.78, 5) is 10.3. The Morgan fingerprint density at radius 2 is 1.65 bits per heavy atom. The van der Waals surface area contributed by atoms with E-state index in [0.717, 1.165) is 25.5 Å². The van der Waals surface area contributed by atoms with Crippen LogP contribution in [0.5, 0.6) is 0 Å². The summed E-state index contributed by atoms with van der Waals surface area (Å²) in [6.07, 6.45) is 3.79. The van der Waals surface area contributed by atoms with Crippen LogP contribution in [0.1, 0.15) is 32.6 Å². The molecule has 0 fully saturated rings. The second-order valence-electron chi connectivity index (χ2n) is 3.73. The first-order valence-electron chi connectivity index (χ1n) is 5.94. The van der Waals surface area contributed by atoms with Crippen LogP contribution in [0.25, 0.3) is 0 Å². The molecule has 0 radical (unpaired) electrons. The Morgan fingerprint density at radius 1 is 1.06 bits per heavy atom. The van der Waals surface area contributed by atoms with Crippen LogP contribution < -0.4 is 0 Å². The van der Waals surface area contributed by atoms with Gasteiger partial charge in [-0.15, -0.1) is 0 Å². The molecule has 0 heterocycles. The van der Waals surface area contributed by atoms with Gasteiger partial charge in [0.05, 0.1) is 12.2 Å². The van der Waals surface area contributed by atoms with Crippen molar-refractivity contribution in [1.82, 2.24) is 0 Å². The van der Waals surface area contributed by atoms with Crippen molar-refractivity contribution in [2.24, 2.45) is 0 Å². The van der Waals surface area contributed by atoms with Crippen LogP contribution in [0.2, 0.25) is 0 Å². The van der Waals surface area contributed by atoms with Gasteiger partial charge < -0.3 is 23.7 Å². The summed E-state index contributed by atoms with van der Waals surface area (Å²) in [6, 6.07) is 0. The average Bonchev–Trinajstić information content (AvgIpc) is 2.36. The summed E-state index contributed by atoms with van der Waals surface area (Å²) in [6.45, 7) is 2.51. The zero-order chi connectivity index (χ0) is 12.9. The summed E-state index contributed by atoms with van der Waals surface area (Å²) in [5, 5.41) is 0. The molecule has 5 nitrogen and oxygen atoms in total. The lowest BCUT2D eigenvalue weighted by molar-refractivity contribution is -0.159. The predicted molar refractivity (Wildman–Crippen MR) is 63.7 cm³/mol. The van der Waals surface area contributed by atoms with Crippen molar-refractivity contribution in [3.63, 3.8) is 0 Å². The molecular formula is C12H24O5. The summed E-state index contributed by atoms with van der Waals surface area (Å²) in [5.74, 6) is 0. The molecule has 0 saturated carbocycles. The minimum absolute atomic E-state index is 0.0308. The minimum atomic E-state index is -0.0601. The van der Waals surface area contributed by atoms with Crippen LogP contribution in [0, 0.1) is 0 Å². The molecule has 0 spiro atoms. The number of methoxy groups -OCH3 is 2. The fourth-order valence-electron chi connectivity index (χ4n) is 1.58. The number of hydrogen-bond donors (Lipinski definition) is 0. The predicted octanol–water partition coefficient (Wildman–Crippen LogP) is 1.74. The summed E-state index contributed by atoms with van der Waals surface area (Å²) >= 11 is 0. The molecule has 0 aromatic carbocycles. The Kier molecular flexibility index (Phi) is 11.6. The first-order chi connectivity index (χ1) is 8.29. The lowest BCUT2D eigenvalue weighted by atomic mass is 10.1. The largest absolute Gasteiger partial charge is 0.359 e. The van der Waals surface area contributed by atoms with E-state index in [0.29, 0.717) is 6.42 Å². The molecule has 0 aliphatic heterocycles. The first-order valence-corrected chi connectivity index (χ1v) is 5.94. The molecule has 0 aromatic heterocycles. The number of hydrogen-bond acceptors (Lipinski definition) is 5. The van der Waals surface area contributed by atoms with Crippen molar-refractivity contribution in [2.45, 2.75) is 44.8 Å². The van der Waals surface area contributed by atoms with Gasteiger partial charge in [-0.25, -0.2) is 0 Å².